The van der Waals surface area contributed by atoms with Gasteiger partial charge in [-0.2, -0.15) is 0 Å². The van der Waals surface area contributed by atoms with E-state index in [0.29, 0.717) is 29.3 Å². The lowest BCUT2D eigenvalue weighted by molar-refractivity contribution is -0.116. The van der Waals surface area contributed by atoms with Crippen LogP contribution in [0.5, 0.6) is 11.5 Å². The average Bonchev–Trinajstić information content (AvgIpc) is 3.15. The molecule has 0 radical (unpaired) electrons. The number of piperazine rings is 1. The van der Waals surface area contributed by atoms with E-state index in [-0.39, 0.29) is 37.5 Å². The number of halogens is 2. The molecule has 3 N–H and O–H groups in total. The van der Waals surface area contributed by atoms with Gasteiger partial charge in [-0.25, -0.2) is 0 Å². The van der Waals surface area contributed by atoms with Crippen LogP contribution in [0.1, 0.15) is 6.42 Å². The van der Waals surface area contributed by atoms with Crippen molar-refractivity contribution in [2.75, 3.05) is 55.5 Å². The highest BCUT2D eigenvalue weighted by molar-refractivity contribution is 5.94. The normalized spacial score (nSPS) is 15.2. The highest BCUT2D eigenvalue weighted by atomic mass is 35.5. The monoisotopic (exact) mass is 440 g/mol. The number of nitrogens with one attached hydrogen (secondary N) is 1. The van der Waals surface area contributed by atoms with Crippen molar-refractivity contribution in [3.8, 4) is 11.5 Å². The smallest absolute Gasteiger partial charge is 0.231 e. The summed E-state index contributed by atoms with van der Waals surface area (Å²) in [6, 6.07) is 13.8. The third-order valence-corrected chi connectivity index (χ3v) is 4.97. The predicted octanol–water partition coefficient (Wildman–Crippen LogP) is 2.99. The van der Waals surface area contributed by atoms with Crippen molar-refractivity contribution in [3.05, 3.63) is 42.5 Å². The summed E-state index contributed by atoms with van der Waals surface area (Å²) in [6.45, 7) is 4.77. The van der Waals surface area contributed by atoms with Crippen LogP contribution in [-0.2, 0) is 4.79 Å². The Morgan fingerprint density at radius 2 is 1.66 bits per heavy atom. The van der Waals surface area contributed by atoms with Crippen LogP contribution in [0.15, 0.2) is 42.5 Å². The first-order chi connectivity index (χ1) is 13.2. The highest BCUT2D eigenvalue weighted by Crippen LogP contribution is 2.38. The van der Waals surface area contributed by atoms with Gasteiger partial charge in [-0.3, -0.25) is 9.69 Å². The molecule has 2 aromatic carbocycles. The molecule has 2 aliphatic rings. The molecule has 0 bridgehead atoms. The first kappa shape index (κ1) is 22.9. The van der Waals surface area contributed by atoms with Crippen LogP contribution in [0.3, 0.4) is 0 Å². The van der Waals surface area contributed by atoms with Gasteiger partial charge in [0.05, 0.1) is 11.4 Å². The van der Waals surface area contributed by atoms with Crippen molar-refractivity contribution in [1.29, 1.82) is 0 Å². The molecule has 2 aromatic rings. The summed E-state index contributed by atoms with van der Waals surface area (Å²) in [4.78, 5) is 17.0. The number of benzene rings is 2. The molecule has 0 aliphatic carbocycles. The number of carbonyl (C=O) groups is 1. The Balaban J connectivity index is 0.00000150. The number of para-hydroxylation sites is 1. The molecule has 0 atom stereocenters. The first-order valence-electron chi connectivity index (χ1n) is 9.20. The van der Waals surface area contributed by atoms with Crippen molar-refractivity contribution in [2.24, 2.45) is 0 Å². The molecule has 2 aliphatic heterocycles. The summed E-state index contributed by atoms with van der Waals surface area (Å²) in [7, 11) is 0. The van der Waals surface area contributed by atoms with Gasteiger partial charge in [0.2, 0.25) is 12.7 Å². The Bertz CT molecular complexity index is 815. The van der Waals surface area contributed by atoms with Gasteiger partial charge in [-0.1, -0.05) is 18.2 Å². The molecule has 1 amide bonds. The Hall–Kier alpha value is -2.35. The number of ether oxygens (including phenoxy) is 2. The zero-order valence-electron chi connectivity index (χ0n) is 16.0. The molecule has 1 saturated heterocycles. The summed E-state index contributed by atoms with van der Waals surface area (Å²) in [5.41, 5.74) is 8.29. The van der Waals surface area contributed by atoms with E-state index in [1.807, 2.05) is 6.07 Å². The standard InChI is InChI=1S/C20H24N4O3.2ClH/c21-16-12-18-19(27-14-26-18)13-17(16)22-20(25)6-7-23-8-10-24(11-9-23)15-4-2-1-3-5-15;;/h1-5,12-13H,6-11,14,21H2,(H,22,25);2*1H. The molecule has 29 heavy (non-hydrogen) atoms. The second-order valence-corrected chi connectivity index (χ2v) is 6.76. The molecule has 0 spiro atoms. The molecule has 2 heterocycles. The fourth-order valence-electron chi connectivity index (χ4n) is 3.41. The first-order valence-corrected chi connectivity index (χ1v) is 9.20. The highest BCUT2D eigenvalue weighted by Gasteiger charge is 2.19. The van der Waals surface area contributed by atoms with E-state index in [2.05, 4.69) is 39.4 Å². The second kappa shape index (κ2) is 10.4. The van der Waals surface area contributed by atoms with E-state index in [9.17, 15) is 4.79 Å². The summed E-state index contributed by atoms with van der Waals surface area (Å²) < 4.78 is 10.6. The maximum absolute atomic E-state index is 12.3. The fourth-order valence-corrected chi connectivity index (χ4v) is 3.41. The number of anilines is 3. The topological polar surface area (TPSA) is 80.1 Å². The minimum atomic E-state index is -0.0499. The van der Waals surface area contributed by atoms with Gasteiger partial charge in [0.25, 0.3) is 0 Å². The van der Waals surface area contributed by atoms with Crippen LogP contribution >= 0.6 is 24.8 Å². The van der Waals surface area contributed by atoms with Crippen LogP contribution in [0.25, 0.3) is 0 Å². The number of rotatable bonds is 5. The van der Waals surface area contributed by atoms with Gasteiger partial charge in [-0.05, 0) is 12.1 Å². The lowest BCUT2D eigenvalue weighted by Crippen LogP contribution is -2.47. The van der Waals surface area contributed by atoms with E-state index in [4.69, 9.17) is 15.2 Å². The van der Waals surface area contributed by atoms with E-state index in [1.54, 1.807) is 12.1 Å². The summed E-state index contributed by atoms with van der Waals surface area (Å²) >= 11 is 0. The molecular formula is C20H26Cl2N4O3. The quantitative estimate of drug-likeness (QED) is 0.695. The van der Waals surface area contributed by atoms with Crippen LogP contribution in [0.4, 0.5) is 17.1 Å². The Labute approximate surface area is 183 Å². The van der Waals surface area contributed by atoms with Gasteiger partial charge in [0, 0.05) is 57.0 Å². The van der Waals surface area contributed by atoms with Crippen LogP contribution in [0.2, 0.25) is 0 Å². The minimum absolute atomic E-state index is 0. The zero-order valence-corrected chi connectivity index (χ0v) is 17.6. The maximum Gasteiger partial charge on any atom is 0.231 e. The zero-order chi connectivity index (χ0) is 18.6. The van der Waals surface area contributed by atoms with Gasteiger partial charge in [-0.15, -0.1) is 24.8 Å². The molecule has 158 valence electrons. The Kier molecular flexibility index (Phi) is 8.25. The van der Waals surface area contributed by atoms with Crippen LogP contribution in [0, 0.1) is 0 Å². The third-order valence-electron chi connectivity index (χ3n) is 4.97. The van der Waals surface area contributed by atoms with Crippen molar-refractivity contribution in [2.45, 2.75) is 6.42 Å². The van der Waals surface area contributed by atoms with Gasteiger partial charge in [0.1, 0.15) is 0 Å². The van der Waals surface area contributed by atoms with Crippen LogP contribution in [-0.4, -0.2) is 50.3 Å². The molecule has 1 fully saturated rings. The number of amides is 1. The number of nitrogens with zero attached hydrogens (tertiary/aromatic N) is 2. The second-order valence-electron chi connectivity index (χ2n) is 6.76. The number of nitrogen functional groups attached to an aromatic ring is 1. The van der Waals surface area contributed by atoms with Crippen LogP contribution < -0.4 is 25.4 Å². The van der Waals surface area contributed by atoms with E-state index in [1.165, 1.54) is 5.69 Å². The lowest BCUT2D eigenvalue weighted by atomic mass is 10.2. The molecule has 9 heteroatoms. The van der Waals surface area contributed by atoms with Crippen molar-refractivity contribution in [3.63, 3.8) is 0 Å². The largest absolute Gasteiger partial charge is 0.454 e. The van der Waals surface area contributed by atoms with E-state index >= 15 is 0 Å². The SMILES string of the molecule is Cl.Cl.Nc1cc2c(cc1NC(=O)CCN1CCN(c3ccccc3)CC1)OCO2. The average molecular weight is 441 g/mol. The Morgan fingerprint density at radius 1 is 1.00 bits per heavy atom. The molecule has 4 rings (SSSR count). The fraction of sp³-hybridized carbons (Fsp3) is 0.350. The van der Waals surface area contributed by atoms with Gasteiger partial charge >= 0.3 is 0 Å². The minimum Gasteiger partial charge on any atom is -0.454 e. The van der Waals surface area contributed by atoms with Crippen molar-refractivity contribution in [1.82, 2.24) is 4.90 Å². The number of carbonyl (C=O) groups excluding carboxylic acids is 1. The number of hydrogen-bond acceptors (Lipinski definition) is 6. The molecule has 0 saturated carbocycles. The summed E-state index contributed by atoms with van der Waals surface area (Å²) in [6.07, 6.45) is 0.430. The number of fused-ring (bicyclic) bond motifs is 1. The Morgan fingerprint density at radius 3 is 2.34 bits per heavy atom. The summed E-state index contributed by atoms with van der Waals surface area (Å²) in [5, 5.41) is 2.88. The molecular weight excluding hydrogens is 415 g/mol. The van der Waals surface area contributed by atoms with E-state index < -0.39 is 0 Å². The van der Waals surface area contributed by atoms with Crippen molar-refractivity contribution >= 4 is 47.8 Å². The molecule has 7 nitrogen and oxygen atoms in total. The third kappa shape index (κ3) is 5.59. The maximum atomic E-state index is 12.3. The van der Waals surface area contributed by atoms with Gasteiger partial charge < -0.3 is 25.4 Å². The van der Waals surface area contributed by atoms with Gasteiger partial charge in [0.15, 0.2) is 11.5 Å². The van der Waals surface area contributed by atoms with E-state index in [0.717, 1.165) is 32.7 Å². The van der Waals surface area contributed by atoms with Crippen molar-refractivity contribution < 1.29 is 14.3 Å². The summed E-state index contributed by atoms with van der Waals surface area (Å²) in [5.74, 6) is 1.17. The number of hydrogen-bond donors (Lipinski definition) is 2. The predicted molar refractivity (Wildman–Crippen MR) is 120 cm³/mol. The lowest BCUT2D eigenvalue weighted by Gasteiger charge is -2.36. The molecule has 0 aromatic heterocycles. The number of nitrogens with two attached hydrogens (primary N) is 1. The molecule has 0 unspecified atom stereocenters.